The van der Waals surface area contributed by atoms with Crippen LogP contribution in [0.15, 0.2) is 28.8 Å². The molecule has 0 unspecified atom stereocenters. The van der Waals surface area contributed by atoms with Crippen molar-refractivity contribution in [2.24, 2.45) is 0 Å². The molecule has 0 saturated carbocycles. The third-order valence-electron chi connectivity index (χ3n) is 3.50. The molecular weight excluding hydrogens is 238 g/mol. The molecule has 4 nitrogen and oxygen atoms in total. The summed E-state index contributed by atoms with van der Waals surface area (Å²) in [5.74, 6) is 0.479. The maximum absolute atomic E-state index is 12.1. The van der Waals surface area contributed by atoms with Crippen molar-refractivity contribution in [1.82, 2.24) is 9.55 Å². The molecule has 1 aliphatic carbocycles. The second-order valence-corrected chi connectivity index (χ2v) is 5.06. The zero-order chi connectivity index (χ0) is 13.5. The maximum Gasteiger partial charge on any atom is 0.293 e. The van der Waals surface area contributed by atoms with Crippen LogP contribution in [0.1, 0.15) is 45.4 Å². The first-order valence-electron chi connectivity index (χ1n) is 7.28. The topological polar surface area (TPSA) is 46.9 Å². The highest BCUT2D eigenvalue weighted by Crippen LogP contribution is 2.19. The fourth-order valence-corrected chi connectivity index (χ4v) is 2.46. The van der Waals surface area contributed by atoms with E-state index in [0.29, 0.717) is 5.82 Å². The second kappa shape index (κ2) is 7.12. The Bertz CT molecular complexity index is 490. The van der Waals surface area contributed by atoms with Crippen molar-refractivity contribution in [2.45, 2.75) is 52.0 Å². The van der Waals surface area contributed by atoms with Gasteiger partial charge in [0.25, 0.3) is 5.56 Å². The first-order chi connectivity index (χ1) is 9.31. The minimum Gasteiger partial charge on any atom is -0.365 e. The summed E-state index contributed by atoms with van der Waals surface area (Å²) in [5, 5.41) is 3.17. The molecule has 1 aromatic rings. The molecule has 19 heavy (non-hydrogen) atoms. The summed E-state index contributed by atoms with van der Waals surface area (Å²) in [6, 6.07) is 0. The average molecular weight is 261 g/mol. The van der Waals surface area contributed by atoms with Gasteiger partial charge in [0.15, 0.2) is 5.82 Å². The van der Waals surface area contributed by atoms with E-state index < -0.39 is 0 Å². The Hall–Kier alpha value is -1.58. The van der Waals surface area contributed by atoms with E-state index in [4.69, 9.17) is 0 Å². The lowest BCUT2D eigenvalue weighted by molar-refractivity contribution is 0.648. The van der Waals surface area contributed by atoms with Gasteiger partial charge in [0.05, 0.1) is 0 Å². The number of aryl methyl sites for hydroxylation is 1. The van der Waals surface area contributed by atoms with Crippen LogP contribution in [0, 0.1) is 0 Å². The van der Waals surface area contributed by atoms with Gasteiger partial charge in [0, 0.05) is 25.5 Å². The summed E-state index contributed by atoms with van der Waals surface area (Å²) >= 11 is 0. The summed E-state index contributed by atoms with van der Waals surface area (Å²) in [4.78, 5) is 16.2. The number of allylic oxidation sites excluding steroid dienone is 1. The molecule has 0 saturated heterocycles. The van der Waals surface area contributed by atoms with Crippen LogP contribution in [0.3, 0.4) is 0 Å². The van der Waals surface area contributed by atoms with Crippen molar-refractivity contribution < 1.29 is 0 Å². The molecule has 0 radical (unpaired) electrons. The maximum atomic E-state index is 12.1. The number of hydrogen-bond acceptors (Lipinski definition) is 3. The van der Waals surface area contributed by atoms with E-state index in [2.05, 4.69) is 23.3 Å². The highest BCUT2D eigenvalue weighted by Gasteiger charge is 2.06. The summed E-state index contributed by atoms with van der Waals surface area (Å²) in [7, 11) is 0. The molecule has 0 spiro atoms. The lowest BCUT2D eigenvalue weighted by atomic mass is 9.97. The van der Waals surface area contributed by atoms with Crippen LogP contribution in [0.25, 0.3) is 0 Å². The fraction of sp³-hybridized carbons (Fsp3) is 0.600. The Morgan fingerprint density at radius 1 is 1.42 bits per heavy atom. The van der Waals surface area contributed by atoms with Gasteiger partial charge in [-0.25, -0.2) is 4.98 Å². The van der Waals surface area contributed by atoms with E-state index in [0.717, 1.165) is 25.9 Å². The lowest BCUT2D eigenvalue weighted by Gasteiger charge is -2.13. The van der Waals surface area contributed by atoms with Crippen LogP contribution in [0.4, 0.5) is 5.82 Å². The SMILES string of the molecule is CCCn1ccnc(NCCC2=CCCCC2)c1=O. The largest absolute Gasteiger partial charge is 0.365 e. The van der Waals surface area contributed by atoms with Gasteiger partial charge in [-0.2, -0.15) is 0 Å². The molecule has 4 heteroatoms. The summed E-state index contributed by atoms with van der Waals surface area (Å²) in [6.07, 6.45) is 12.8. The predicted molar refractivity (Wildman–Crippen MR) is 78.4 cm³/mol. The molecule has 0 aliphatic heterocycles. The Labute approximate surface area is 114 Å². The third kappa shape index (κ3) is 3.94. The predicted octanol–water partition coefficient (Wildman–Crippen LogP) is 2.96. The number of rotatable bonds is 6. The van der Waals surface area contributed by atoms with Crippen molar-refractivity contribution in [1.29, 1.82) is 0 Å². The summed E-state index contributed by atoms with van der Waals surface area (Å²) in [5.41, 5.74) is 1.51. The molecule has 1 N–H and O–H groups in total. The van der Waals surface area contributed by atoms with Gasteiger partial charge < -0.3 is 9.88 Å². The molecule has 0 bridgehead atoms. The number of anilines is 1. The van der Waals surface area contributed by atoms with Crippen molar-refractivity contribution in [2.75, 3.05) is 11.9 Å². The van der Waals surface area contributed by atoms with Crippen LogP contribution in [-0.2, 0) is 6.54 Å². The Morgan fingerprint density at radius 2 is 2.32 bits per heavy atom. The number of nitrogens with zero attached hydrogens (tertiary/aromatic N) is 2. The molecule has 2 rings (SSSR count). The normalized spacial score (nSPS) is 15.1. The van der Waals surface area contributed by atoms with Crippen molar-refractivity contribution >= 4 is 5.82 Å². The zero-order valence-corrected chi connectivity index (χ0v) is 11.7. The highest BCUT2D eigenvalue weighted by molar-refractivity contribution is 5.31. The van der Waals surface area contributed by atoms with Crippen LogP contribution >= 0.6 is 0 Å². The Morgan fingerprint density at radius 3 is 3.05 bits per heavy atom. The van der Waals surface area contributed by atoms with E-state index in [-0.39, 0.29) is 5.56 Å². The average Bonchev–Trinajstić information content (AvgIpc) is 2.44. The minimum atomic E-state index is -0.0121. The van der Waals surface area contributed by atoms with E-state index in [1.807, 2.05) is 0 Å². The third-order valence-corrected chi connectivity index (χ3v) is 3.50. The van der Waals surface area contributed by atoms with Crippen LogP contribution < -0.4 is 10.9 Å². The molecule has 0 fully saturated rings. The molecular formula is C15H23N3O. The van der Waals surface area contributed by atoms with Gasteiger partial charge in [-0.1, -0.05) is 18.6 Å². The lowest BCUT2D eigenvalue weighted by Crippen LogP contribution is -2.24. The molecule has 0 amide bonds. The summed E-state index contributed by atoms with van der Waals surface area (Å²) < 4.78 is 1.72. The van der Waals surface area contributed by atoms with E-state index in [1.165, 1.54) is 31.3 Å². The molecule has 1 aromatic heterocycles. The van der Waals surface area contributed by atoms with E-state index >= 15 is 0 Å². The molecule has 1 heterocycles. The van der Waals surface area contributed by atoms with Crippen molar-refractivity contribution in [3.63, 3.8) is 0 Å². The van der Waals surface area contributed by atoms with Gasteiger partial charge >= 0.3 is 0 Å². The van der Waals surface area contributed by atoms with Crippen LogP contribution in [-0.4, -0.2) is 16.1 Å². The van der Waals surface area contributed by atoms with Crippen molar-refractivity contribution in [3.05, 3.63) is 34.4 Å². The number of aromatic nitrogens is 2. The smallest absolute Gasteiger partial charge is 0.293 e. The zero-order valence-electron chi connectivity index (χ0n) is 11.7. The van der Waals surface area contributed by atoms with Crippen molar-refractivity contribution in [3.8, 4) is 0 Å². The molecule has 104 valence electrons. The molecule has 0 atom stereocenters. The van der Waals surface area contributed by atoms with E-state index in [1.54, 1.807) is 17.0 Å². The first-order valence-corrected chi connectivity index (χ1v) is 7.28. The van der Waals surface area contributed by atoms with Gasteiger partial charge in [-0.05, 0) is 38.5 Å². The minimum absolute atomic E-state index is 0.0121. The first kappa shape index (κ1) is 13.8. The second-order valence-electron chi connectivity index (χ2n) is 5.06. The fourth-order valence-electron chi connectivity index (χ4n) is 2.46. The van der Waals surface area contributed by atoms with Gasteiger partial charge in [0.1, 0.15) is 0 Å². The van der Waals surface area contributed by atoms with E-state index in [9.17, 15) is 4.79 Å². The summed E-state index contributed by atoms with van der Waals surface area (Å²) in [6.45, 7) is 3.61. The van der Waals surface area contributed by atoms with Gasteiger partial charge in [-0.15, -0.1) is 0 Å². The highest BCUT2D eigenvalue weighted by atomic mass is 16.1. The van der Waals surface area contributed by atoms with Crippen LogP contribution in [0.5, 0.6) is 0 Å². The Balaban J connectivity index is 1.90. The number of nitrogens with one attached hydrogen (secondary N) is 1. The van der Waals surface area contributed by atoms with Gasteiger partial charge in [-0.3, -0.25) is 4.79 Å². The monoisotopic (exact) mass is 261 g/mol. The standard InChI is InChI=1S/C15H23N3O/c1-2-11-18-12-10-17-14(15(18)19)16-9-8-13-6-4-3-5-7-13/h6,10,12H,2-5,7-9,11H2,1H3,(H,16,17). The molecule has 0 aromatic carbocycles. The Kier molecular flexibility index (Phi) is 5.19. The van der Waals surface area contributed by atoms with Crippen LogP contribution in [0.2, 0.25) is 0 Å². The quantitative estimate of drug-likeness (QED) is 0.801. The number of hydrogen-bond donors (Lipinski definition) is 1. The van der Waals surface area contributed by atoms with Gasteiger partial charge in [0.2, 0.25) is 0 Å². The molecule has 1 aliphatic rings.